The molecular weight excluding hydrogens is 338 g/mol. The second-order valence-electron chi connectivity index (χ2n) is 7.15. The van der Waals surface area contributed by atoms with Gasteiger partial charge in [-0.15, -0.1) is 15.3 Å². The van der Waals surface area contributed by atoms with Gasteiger partial charge in [-0.25, -0.2) is 0 Å². The van der Waals surface area contributed by atoms with E-state index >= 15 is 0 Å². The van der Waals surface area contributed by atoms with Crippen LogP contribution in [-0.2, 0) is 6.54 Å². The molecule has 4 N–H and O–H groups in total. The van der Waals surface area contributed by atoms with Crippen molar-refractivity contribution in [1.82, 2.24) is 19.8 Å². The molecule has 0 unspecified atom stereocenters. The van der Waals surface area contributed by atoms with Crippen molar-refractivity contribution in [2.24, 2.45) is 0 Å². The van der Waals surface area contributed by atoms with E-state index in [9.17, 15) is 0 Å². The van der Waals surface area contributed by atoms with Gasteiger partial charge < -0.3 is 16.4 Å². The zero-order valence-corrected chi connectivity index (χ0v) is 16.5. The highest BCUT2D eigenvalue weighted by Gasteiger charge is 2.16. The van der Waals surface area contributed by atoms with Crippen molar-refractivity contribution >= 4 is 22.8 Å². The topological polar surface area (TPSA) is 93.2 Å². The average Bonchev–Trinajstić information content (AvgIpc) is 3.08. The Hall–Kier alpha value is -2.83. The summed E-state index contributed by atoms with van der Waals surface area (Å²) in [4.78, 5) is 0. The largest absolute Gasteiger partial charge is 0.399 e. The first-order valence-electron chi connectivity index (χ1n) is 9.63. The predicted molar refractivity (Wildman–Crippen MR) is 111 cm³/mol. The van der Waals surface area contributed by atoms with Crippen LogP contribution in [0.2, 0.25) is 0 Å². The predicted octanol–water partition coefficient (Wildman–Crippen LogP) is 4.04. The lowest BCUT2D eigenvalue weighted by molar-refractivity contribution is 0.661. The molecule has 2 heterocycles. The van der Waals surface area contributed by atoms with E-state index in [-0.39, 0.29) is 5.92 Å². The zero-order chi connectivity index (χ0) is 19.4. The smallest absolute Gasteiger partial charge is 0.201 e. The van der Waals surface area contributed by atoms with Gasteiger partial charge in [0.15, 0.2) is 5.82 Å². The van der Waals surface area contributed by atoms with E-state index < -0.39 is 0 Å². The summed E-state index contributed by atoms with van der Waals surface area (Å²) in [6.07, 6.45) is 2.09. The van der Waals surface area contributed by atoms with Gasteiger partial charge in [0, 0.05) is 30.3 Å². The monoisotopic (exact) mass is 367 g/mol. The van der Waals surface area contributed by atoms with Crippen LogP contribution in [0.15, 0.2) is 30.3 Å². The minimum atomic E-state index is 0.234. The molecule has 0 saturated carbocycles. The molecule has 0 aliphatic carbocycles. The van der Waals surface area contributed by atoms with Crippen molar-refractivity contribution in [1.29, 1.82) is 0 Å². The first-order chi connectivity index (χ1) is 13.0. The van der Waals surface area contributed by atoms with Gasteiger partial charge in [-0.3, -0.25) is 0 Å². The van der Waals surface area contributed by atoms with E-state index in [1.165, 1.54) is 0 Å². The summed E-state index contributed by atoms with van der Waals surface area (Å²) in [5.74, 6) is 1.91. The van der Waals surface area contributed by atoms with Crippen molar-refractivity contribution in [3.05, 3.63) is 41.7 Å². The lowest BCUT2D eigenvalue weighted by atomic mass is 10.2. The minimum Gasteiger partial charge on any atom is -0.399 e. The molecule has 3 rings (SSSR count). The molecule has 0 radical (unpaired) electrons. The molecule has 7 heteroatoms. The second-order valence-corrected chi connectivity index (χ2v) is 7.15. The molecule has 0 amide bonds. The Morgan fingerprint density at radius 2 is 1.89 bits per heavy atom. The number of anilines is 3. The number of nitrogens with zero attached hydrogens (tertiary/aromatic N) is 4. The molecule has 1 aromatic carbocycles. The van der Waals surface area contributed by atoms with Crippen LogP contribution in [-0.4, -0.2) is 25.9 Å². The number of nitrogens with two attached hydrogens (primary N) is 1. The minimum absolute atomic E-state index is 0.234. The summed E-state index contributed by atoms with van der Waals surface area (Å²) in [7, 11) is 0. The van der Waals surface area contributed by atoms with Crippen LogP contribution in [0.25, 0.3) is 5.65 Å². The van der Waals surface area contributed by atoms with Crippen LogP contribution in [0.3, 0.4) is 0 Å². The number of nitrogen functional groups attached to an aromatic ring is 1. The number of rotatable bonds is 8. The maximum Gasteiger partial charge on any atom is 0.201 e. The lowest BCUT2D eigenvalue weighted by Crippen LogP contribution is -2.19. The van der Waals surface area contributed by atoms with Crippen LogP contribution in [0.5, 0.6) is 0 Å². The molecular formula is C20H29N7. The van der Waals surface area contributed by atoms with E-state index in [1.807, 2.05) is 28.8 Å². The lowest BCUT2D eigenvalue weighted by Gasteiger charge is -2.17. The second kappa shape index (κ2) is 8.24. The highest BCUT2D eigenvalue weighted by atomic mass is 15.4. The van der Waals surface area contributed by atoms with Gasteiger partial charge >= 0.3 is 0 Å². The molecule has 0 spiro atoms. The summed E-state index contributed by atoms with van der Waals surface area (Å²) in [6, 6.07) is 10.3. The molecule has 0 saturated heterocycles. The Morgan fingerprint density at radius 3 is 2.56 bits per heavy atom. The summed E-state index contributed by atoms with van der Waals surface area (Å²) in [5, 5.41) is 20.5. The van der Waals surface area contributed by atoms with Gasteiger partial charge in [0.25, 0.3) is 0 Å². The number of hydrogen-bond donors (Lipinski definition) is 3. The summed E-state index contributed by atoms with van der Waals surface area (Å²) in [6.45, 7) is 9.20. The van der Waals surface area contributed by atoms with Gasteiger partial charge in [-0.2, -0.15) is 4.52 Å². The van der Waals surface area contributed by atoms with Gasteiger partial charge in [0.2, 0.25) is 5.65 Å². The maximum absolute atomic E-state index is 5.89. The Labute approximate surface area is 160 Å². The quantitative estimate of drug-likeness (QED) is 0.520. The van der Waals surface area contributed by atoms with E-state index in [0.29, 0.717) is 12.6 Å². The highest BCUT2D eigenvalue weighted by Crippen LogP contribution is 2.24. The molecule has 0 aliphatic heterocycles. The number of aromatic nitrogens is 4. The van der Waals surface area contributed by atoms with Crippen molar-refractivity contribution < 1.29 is 0 Å². The molecule has 0 aliphatic rings. The van der Waals surface area contributed by atoms with Crippen molar-refractivity contribution in [2.75, 3.05) is 16.4 Å². The number of benzene rings is 1. The molecule has 27 heavy (non-hydrogen) atoms. The van der Waals surface area contributed by atoms with Gasteiger partial charge in [0.1, 0.15) is 5.82 Å². The highest BCUT2D eigenvalue weighted by molar-refractivity contribution is 5.70. The fourth-order valence-electron chi connectivity index (χ4n) is 3.06. The van der Waals surface area contributed by atoms with E-state index in [4.69, 9.17) is 10.8 Å². The standard InChI is InChI=1S/C20H29N7/c1-5-16(6-2)23-18-11-17(22-12-14-8-7-9-15(21)10-14)20-25-24-19(13(3)4)27(20)26-18/h7-11,13,16,22H,5-6,12,21H2,1-4H3,(H,23,26). The van der Waals surface area contributed by atoms with Gasteiger partial charge in [-0.05, 0) is 30.5 Å². The average molecular weight is 368 g/mol. The van der Waals surface area contributed by atoms with Crippen molar-refractivity contribution in [3.63, 3.8) is 0 Å². The third kappa shape index (κ3) is 4.30. The van der Waals surface area contributed by atoms with E-state index in [2.05, 4.69) is 54.6 Å². The maximum atomic E-state index is 5.89. The Bertz CT molecular complexity index is 896. The first kappa shape index (κ1) is 18.9. The van der Waals surface area contributed by atoms with Crippen LogP contribution in [0.1, 0.15) is 57.8 Å². The van der Waals surface area contributed by atoms with E-state index in [1.54, 1.807) is 0 Å². The zero-order valence-electron chi connectivity index (χ0n) is 16.5. The molecule has 2 aromatic heterocycles. The van der Waals surface area contributed by atoms with Gasteiger partial charge in [0.05, 0.1) is 5.69 Å². The molecule has 3 aromatic rings. The van der Waals surface area contributed by atoms with Crippen LogP contribution >= 0.6 is 0 Å². The van der Waals surface area contributed by atoms with Crippen LogP contribution in [0.4, 0.5) is 17.2 Å². The molecule has 0 bridgehead atoms. The number of nitrogens with one attached hydrogen (secondary N) is 2. The molecule has 0 fully saturated rings. The van der Waals surface area contributed by atoms with Crippen LogP contribution < -0.4 is 16.4 Å². The van der Waals surface area contributed by atoms with Crippen molar-refractivity contribution in [3.8, 4) is 0 Å². The number of hydrogen-bond acceptors (Lipinski definition) is 6. The first-order valence-corrected chi connectivity index (χ1v) is 9.63. The van der Waals surface area contributed by atoms with Gasteiger partial charge in [-0.1, -0.05) is 39.8 Å². The SMILES string of the molecule is CCC(CC)Nc1cc(NCc2cccc(N)c2)c2nnc(C(C)C)n2n1. The summed E-state index contributed by atoms with van der Waals surface area (Å²) < 4.78 is 1.84. The fourth-order valence-corrected chi connectivity index (χ4v) is 3.06. The molecule has 7 nitrogen and oxygen atoms in total. The molecule has 144 valence electrons. The van der Waals surface area contributed by atoms with Crippen molar-refractivity contribution in [2.45, 2.75) is 59.0 Å². The molecule has 0 atom stereocenters. The summed E-state index contributed by atoms with van der Waals surface area (Å²) in [5.41, 5.74) is 9.40. The van der Waals surface area contributed by atoms with E-state index in [0.717, 1.165) is 47.1 Å². The number of fused-ring (bicyclic) bond motifs is 1. The Morgan fingerprint density at radius 1 is 1.11 bits per heavy atom. The Balaban J connectivity index is 1.96. The third-order valence-electron chi connectivity index (χ3n) is 4.68. The fraction of sp³-hybridized carbons (Fsp3) is 0.450. The third-order valence-corrected chi connectivity index (χ3v) is 4.68. The summed E-state index contributed by atoms with van der Waals surface area (Å²) >= 11 is 0. The normalized spacial score (nSPS) is 11.5. The Kier molecular flexibility index (Phi) is 5.78. The van der Waals surface area contributed by atoms with Crippen LogP contribution in [0, 0.1) is 0 Å².